The van der Waals surface area contributed by atoms with Crippen LogP contribution in [0.4, 0.5) is 11.8 Å². The van der Waals surface area contributed by atoms with Gasteiger partial charge in [0.25, 0.3) is 0 Å². The molecule has 2 heterocycles. The molecular weight excluding hydrogens is 356 g/mol. The van der Waals surface area contributed by atoms with Crippen molar-refractivity contribution in [2.45, 2.75) is 39.7 Å². The molecule has 0 spiro atoms. The minimum Gasteiger partial charge on any atom is -0.366 e. The molecule has 0 bridgehead atoms. The van der Waals surface area contributed by atoms with Gasteiger partial charge in [0.15, 0.2) is 0 Å². The number of aromatic nitrogens is 2. The van der Waals surface area contributed by atoms with Crippen molar-refractivity contribution in [3.63, 3.8) is 0 Å². The van der Waals surface area contributed by atoms with Gasteiger partial charge in [-0.1, -0.05) is 60.2 Å². The lowest BCUT2D eigenvalue weighted by atomic mass is 9.90. The van der Waals surface area contributed by atoms with Gasteiger partial charge in [0.1, 0.15) is 5.82 Å². The second-order valence-electron chi connectivity index (χ2n) is 8.15. The van der Waals surface area contributed by atoms with Crippen molar-refractivity contribution in [1.82, 2.24) is 9.97 Å². The van der Waals surface area contributed by atoms with Crippen LogP contribution < -0.4 is 10.2 Å². The van der Waals surface area contributed by atoms with E-state index in [9.17, 15) is 0 Å². The predicted molar refractivity (Wildman–Crippen MR) is 120 cm³/mol. The Labute approximate surface area is 174 Å². The Morgan fingerprint density at radius 1 is 0.897 bits per heavy atom. The Morgan fingerprint density at radius 3 is 2.34 bits per heavy atom. The van der Waals surface area contributed by atoms with Crippen molar-refractivity contribution in [2.75, 3.05) is 23.3 Å². The standard InChI is InChI=1S/C25H30N4/c1-19-8-10-23(11-9-19)18-26-24-16-20(2)27-25(28-24)29-14-12-22(13-15-29)17-21-6-4-3-5-7-21/h3-11,16,22H,12-15,17-18H2,1-2H3,(H,26,27,28). The molecule has 2 aromatic carbocycles. The number of aryl methyl sites for hydroxylation is 2. The molecule has 150 valence electrons. The summed E-state index contributed by atoms with van der Waals surface area (Å²) < 4.78 is 0. The smallest absolute Gasteiger partial charge is 0.227 e. The van der Waals surface area contributed by atoms with E-state index < -0.39 is 0 Å². The number of hydrogen-bond donors (Lipinski definition) is 1. The zero-order valence-electron chi connectivity index (χ0n) is 17.4. The molecule has 1 saturated heterocycles. The average molecular weight is 387 g/mol. The number of piperidine rings is 1. The van der Waals surface area contributed by atoms with Crippen molar-refractivity contribution in [3.8, 4) is 0 Å². The van der Waals surface area contributed by atoms with E-state index >= 15 is 0 Å². The Kier molecular flexibility index (Phi) is 6.09. The molecule has 29 heavy (non-hydrogen) atoms. The Balaban J connectivity index is 1.35. The van der Waals surface area contributed by atoms with Gasteiger partial charge in [0.2, 0.25) is 5.95 Å². The summed E-state index contributed by atoms with van der Waals surface area (Å²) in [5, 5.41) is 3.46. The molecule has 1 aromatic heterocycles. The molecule has 4 heteroatoms. The molecule has 1 aliphatic rings. The molecule has 4 nitrogen and oxygen atoms in total. The van der Waals surface area contributed by atoms with Crippen LogP contribution in [0.25, 0.3) is 0 Å². The molecule has 4 rings (SSSR count). The first kappa shape index (κ1) is 19.4. The highest BCUT2D eigenvalue weighted by Gasteiger charge is 2.21. The molecule has 0 saturated carbocycles. The molecule has 0 radical (unpaired) electrons. The molecule has 1 aliphatic heterocycles. The number of rotatable bonds is 6. The summed E-state index contributed by atoms with van der Waals surface area (Å²) >= 11 is 0. The summed E-state index contributed by atoms with van der Waals surface area (Å²) in [6, 6.07) is 21.5. The fraction of sp³-hybridized carbons (Fsp3) is 0.360. The van der Waals surface area contributed by atoms with Gasteiger partial charge in [-0.25, -0.2) is 4.98 Å². The summed E-state index contributed by atoms with van der Waals surface area (Å²) in [5.41, 5.74) is 4.99. The summed E-state index contributed by atoms with van der Waals surface area (Å²) in [4.78, 5) is 11.8. The van der Waals surface area contributed by atoms with Crippen molar-refractivity contribution < 1.29 is 0 Å². The number of hydrogen-bond acceptors (Lipinski definition) is 4. The fourth-order valence-corrected chi connectivity index (χ4v) is 3.97. The van der Waals surface area contributed by atoms with Gasteiger partial charge in [0, 0.05) is 31.4 Å². The van der Waals surface area contributed by atoms with E-state index in [4.69, 9.17) is 9.97 Å². The topological polar surface area (TPSA) is 41.1 Å². The van der Waals surface area contributed by atoms with Crippen LogP contribution in [0.5, 0.6) is 0 Å². The first-order chi connectivity index (χ1) is 14.2. The van der Waals surface area contributed by atoms with Crippen LogP contribution in [0.3, 0.4) is 0 Å². The summed E-state index contributed by atoms with van der Waals surface area (Å²) in [5.74, 6) is 2.51. The van der Waals surface area contributed by atoms with Gasteiger partial charge < -0.3 is 10.2 Å². The first-order valence-electron chi connectivity index (χ1n) is 10.6. The average Bonchev–Trinajstić information content (AvgIpc) is 2.74. The molecule has 0 unspecified atom stereocenters. The minimum absolute atomic E-state index is 0.748. The molecular formula is C25H30N4. The van der Waals surface area contributed by atoms with E-state index in [0.29, 0.717) is 0 Å². The summed E-state index contributed by atoms with van der Waals surface area (Å²) in [7, 11) is 0. The SMILES string of the molecule is Cc1ccc(CNc2cc(C)nc(N3CCC(Cc4ccccc4)CC3)n2)cc1. The molecule has 1 fully saturated rings. The lowest BCUT2D eigenvalue weighted by Gasteiger charge is -2.32. The first-order valence-corrected chi connectivity index (χ1v) is 10.6. The van der Waals surface area contributed by atoms with Crippen LogP contribution in [0, 0.1) is 19.8 Å². The fourth-order valence-electron chi connectivity index (χ4n) is 3.97. The van der Waals surface area contributed by atoms with E-state index in [2.05, 4.69) is 71.7 Å². The maximum atomic E-state index is 4.80. The summed E-state index contributed by atoms with van der Waals surface area (Å²) in [6.07, 6.45) is 3.56. The lowest BCUT2D eigenvalue weighted by Crippen LogP contribution is -2.35. The van der Waals surface area contributed by atoms with Gasteiger partial charge in [0.05, 0.1) is 0 Å². The molecule has 1 N–H and O–H groups in total. The van der Waals surface area contributed by atoms with Gasteiger partial charge in [-0.15, -0.1) is 0 Å². The van der Waals surface area contributed by atoms with Gasteiger partial charge in [-0.2, -0.15) is 4.98 Å². The van der Waals surface area contributed by atoms with Crippen molar-refractivity contribution in [2.24, 2.45) is 5.92 Å². The molecule has 0 aliphatic carbocycles. The third-order valence-corrected chi connectivity index (χ3v) is 5.70. The van der Waals surface area contributed by atoms with Gasteiger partial charge in [-0.3, -0.25) is 0 Å². The Hall–Kier alpha value is -2.88. The van der Waals surface area contributed by atoms with Crippen LogP contribution in [-0.4, -0.2) is 23.1 Å². The number of benzene rings is 2. The zero-order valence-corrected chi connectivity index (χ0v) is 17.4. The monoisotopic (exact) mass is 386 g/mol. The van der Waals surface area contributed by atoms with E-state index in [-0.39, 0.29) is 0 Å². The van der Waals surface area contributed by atoms with E-state index in [1.54, 1.807) is 0 Å². The number of anilines is 2. The third-order valence-electron chi connectivity index (χ3n) is 5.70. The minimum atomic E-state index is 0.748. The van der Waals surface area contributed by atoms with E-state index in [1.165, 1.54) is 36.0 Å². The Bertz CT molecular complexity index is 913. The largest absolute Gasteiger partial charge is 0.366 e. The van der Waals surface area contributed by atoms with Crippen molar-refractivity contribution >= 4 is 11.8 Å². The van der Waals surface area contributed by atoms with Crippen LogP contribution in [0.2, 0.25) is 0 Å². The maximum Gasteiger partial charge on any atom is 0.227 e. The second-order valence-corrected chi connectivity index (χ2v) is 8.15. The van der Waals surface area contributed by atoms with Crippen LogP contribution in [-0.2, 0) is 13.0 Å². The third kappa shape index (κ3) is 5.35. The Morgan fingerprint density at radius 2 is 1.62 bits per heavy atom. The van der Waals surface area contributed by atoms with Gasteiger partial charge in [-0.05, 0) is 50.2 Å². The highest BCUT2D eigenvalue weighted by Crippen LogP contribution is 2.25. The quantitative estimate of drug-likeness (QED) is 0.635. The normalized spacial score (nSPS) is 14.8. The highest BCUT2D eigenvalue weighted by molar-refractivity contribution is 5.44. The number of nitrogens with zero attached hydrogens (tertiary/aromatic N) is 3. The van der Waals surface area contributed by atoms with Crippen molar-refractivity contribution in [3.05, 3.63) is 83.0 Å². The lowest BCUT2D eigenvalue weighted by molar-refractivity contribution is 0.400. The highest BCUT2D eigenvalue weighted by atomic mass is 15.3. The maximum absolute atomic E-state index is 4.80. The van der Waals surface area contributed by atoms with E-state index in [0.717, 1.165) is 43.0 Å². The molecule has 0 atom stereocenters. The van der Waals surface area contributed by atoms with E-state index in [1.807, 2.05) is 13.0 Å². The van der Waals surface area contributed by atoms with Crippen LogP contribution in [0.15, 0.2) is 60.7 Å². The molecule has 3 aromatic rings. The predicted octanol–water partition coefficient (Wildman–Crippen LogP) is 5.16. The summed E-state index contributed by atoms with van der Waals surface area (Å²) in [6.45, 7) is 6.98. The van der Waals surface area contributed by atoms with Crippen LogP contribution >= 0.6 is 0 Å². The molecule has 0 amide bonds. The number of nitrogens with one attached hydrogen (secondary N) is 1. The van der Waals surface area contributed by atoms with Gasteiger partial charge >= 0.3 is 0 Å². The van der Waals surface area contributed by atoms with Crippen LogP contribution in [0.1, 0.15) is 35.2 Å². The van der Waals surface area contributed by atoms with Crippen molar-refractivity contribution in [1.29, 1.82) is 0 Å². The second kappa shape index (κ2) is 9.08. The zero-order chi connectivity index (χ0) is 20.1.